The van der Waals surface area contributed by atoms with E-state index in [1.54, 1.807) is 0 Å². The average molecular weight is 285 g/mol. The molecule has 3 heterocycles. The molecule has 2 saturated heterocycles. The molecule has 1 aromatic rings. The zero-order valence-corrected chi connectivity index (χ0v) is 11.7. The van der Waals surface area contributed by atoms with Crippen molar-refractivity contribution in [3.8, 4) is 0 Å². The number of piperidine rings is 1. The molecule has 1 aromatic heterocycles. The number of sulfone groups is 1. The van der Waals surface area contributed by atoms with E-state index in [0.717, 1.165) is 25.9 Å². The minimum absolute atomic E-state index is 0.137. The normalized spacial score (nSPS) is 28.3. The molecule has 0 aliphatic carbocycles. The molecule has 106 valence electrons. The monoisotopic (exact) mass is 285 g/mol. The second-order valence-electron chi connectivity index (χ2n) is 5.46. The predicted octanol–water partition coefficient (Wildman–Crippen LogP) is 0.829. The number of nitrogens with zero attached hydrogens (tertiary/aromatic N) is 2. The molecule has 0 amide bonds. The summed E-state index contributed by atoms with van der Waals surface area (Å²) in [5, 5.41) is 7.38. The lowest BCUT2D eigenvalue weighted by Crippen LogP contribution is -2.28. The quantitative estimate of drug-likeness (QED) is 0.866. The van der Waals surface area contributed by atoms with Gasteiger partial charge in [-0.15, -0.1) is 0 Å². The first kappa shape index (κ1) is 13.1. The lowest BCUT2D eigenvalue weighted by molar-refractivity contribution is 0.318. The second kappa shape index (κ2) is 5.20. The van der Waals surface area contributed by atoms with Gasteiger partial charge in [0, 0.05) is 12.5 Å². The predicted molar refractivity (Wildman–Crippen MR) is 69.8 cm³/mol. The summed E-state index contributed by atoms with van der Waals surface area (Å²) in [6.45, 7) is 1.94. The van der Waals surface area contributed by atoms with Crippen LogP contribution in [0.15, 0.2) is 4.52 Å². The maximum absolute atomic E-state index is 11.4. The molecule has 0 aromatic carbocycles. The standard InChI is InChI=1S/C12H19N3O3S/c16-19(17)6-3-9(4-7-19)11-14-12(18-15-11)10-2-1-5-13-8-10/h9-10,13H,1-8H2. The van der Waals surface area contributed by atoms with Crippen molar-refractivity contribution < 1.29 is 12.9 Å². The van der Waals surface area contributed by atoms with Crippen LogP contribution in [0, 0.1) is 0 Å². The number of rotatable bonds is 2. The third-order valence-corrected chi connectivity index (χ3v) is 5.74. The Morgan fingerprint density at radius 3 is 2.63 bits per heavy atom. The third kappa shape index (κ3) is 2.97. The third-order valence-electron chi connectivity index (χ3n) is 4.02. The molecule has 7 heteroatoms. The largest absolute Gasteiger partial charge is 0.339 e. The minimum atomic E-state index is -2.83. The topological polar surface area (TPSA) is 85.1 Å². The molecule has 0 radical (unpaired) electrons. The summed E-state index contributed by atoms with van der Waals surface area (Å²) in [5.41, 5.74) is 0. The molecule has 2 aliphatic rings. The first-order valence-electron chi connectivity index (χ1n) is 6.89. The Morgan fingerprint density at radius 1 is 1.16 bits per heavy atom. The van der Waals surface area contributed by atoms with Gasteiger partial charge in [-0.1, -0.05) is 5.16 Å². The van der Waals surface area contributed by atoms with E-state index in [1.165, 1.54) is 0 Å². The summed E-state index contributed by atoms with van der Waals surface area (Å²) >= 11 is 0. The van der Waals surface area contributed by atoms with Gasteiger partial charge in [-0.25, -0.2) is 8.42 Å². The van der Waals surface area contributed by atoms with E-state index in [4.69, 9.17) is 4.52 Å². The van der Waals surface area contributed by atoms with Crippen molar-refractivity contribution in [2.75, 3.05) is 24.6 Å². The van der Waals surface area contributed by atoms with Gasteiger partial charge in [-0.3, -0.25) is 0 Å². The molecular weight excluding hydrogens is 266 g/mol. The first-order chi connectivity index (χ1) is 9.14. The van der Waals surface area contributed by atoms with Crippen LogP contribution in [-0.2, 0) is 9.84 Å². The van der Waals surface area contributed by atoms with Crippen LogP contribution in [0.4, 0.5) is 0 Å². The lowest BCUT2D eigenvalue weighted by Gasteiger charge is -2.19. The molecule has 1 unspecified atom stereocenters. The fraction of sp³-hybridized carbons (Fsp3) is 0.833. The van der Waals surface area contributed by atoms with Crippen LogP contribution in [-0.4, -0.2) is 43.2 Å². The highest BCUT2D eigenvalue weighted by Crippen LogP contribution is 2.29. The fourth-order valence-corrected chi connectivity index (χ4v) is 4.28. The van der Waals surface area contributed by atoms with Gasteiger partial charge in [0.1, 0.15) is 9.84 Å². The Labute approximate surface area is 112 Å². The first-order valence-corrected chi connectivity index (χ1v) is 8.71. The zero-order valence-electron chi connectivity index (χ0n) is 10.8. The van der Waals surface area contributed by atoms with Crippen molar-refractivity contribution in [1.82, 2.24) is 15.5 Å². The van der Waals surface area contributed by atoms with Crippen LogP contribution < -0.4 is 5.32 Å². The van der Waals surface area contributed by atoms with E-state index >= 15 is 0 Å². The van der Waals surface area contributed by atoms with Gasteiger partial charge in [0.25, 0.3) is 0 Å². The summed E-state index contributed by atoms with van der Waals surface area (Å²) in [6.07, 6.45) is 3.44. The molecule has 2 aliphatic heterocycles. The summed E-state index contributed by atoms with van der Waals surface area (Å²) in [6, 6.07) is 0. The smallest absolute Gasteiger partial charge is 0.231 e. The van der Waals surface area contributed by atoms with Crippen LogP contribution in [0.25, 0.3) is 0 Å². The minimum Gasteiger partial charge on any atom is -0.339 e. The molecular formula is C12H19N3O3S. The van der Waals surface area contributed by atoms with Crippen molar-refractivity contribution in [2.45, 2.75) is 37.5 Å². The summed E-state index contributed by atoms with van der Waals surface area (Å²) < 4.78 is 28.2. The Balaban J connectivity index is 1.68. The number of hydrogen-bond donors (Lipinski definition) is 1. The summed E-state index contributed by atoms with van der Waals surface area (Å²) in [5.74, 6) is 2.32. The van der Waals surface area contributed by atoms with Crippen molar-refractivity contribution in [3.05, 3.63) is 11.7 Å². The van der Waals surface area contributed by atoms with Crippen LogP contribution in [0.2, 0.25) is 0 Å². The molecule has 3 rings (SSSR count). The highest BCUT2D eigenvalue weighted by atomic mass is 32.2. The number of nitrogens with one attached hydrogen (secondary N) is 1. The van der Waals surface area contributed by atoms with Gasteiger partial charge < -0.3 is 9.84 Å². The Kier molecular flexibility index (Phi) is 3.58. The molecule has 2 fully saturated rings. The van der Waals surface area contributed by atoms with Crippen LogP contribution in [0.3, 0.4) is 0 Å². The zero-order chi connectivity index (χ0) is 13.3. The number of aromatic nitrogens is 2. The van der Waals surface area contributed by atoms with Crippen molar-refractivity contribution in [3.63, 3.8) is 0 Å². The lowest BCUT2D eigenvalue weighted by atomic mass is 9.99. The van der Waals surface area contributed by atoms with E-state index in [9.17, 15) is 8.42 Å². The molecule has 1 atom stereocenters. The molecule has 1 N–H and O–H groups in total. The van der Waals surface area contributed by atoms with Gasteiger partial charge in [0.15, 0.2) is 5.82 Å². The van der Waals surface area contributed by atoms with Gasteiger partial charge in [0.2, 0.25) is 5.89 Å². The van der Waals surface area contributed by atoms with Crippen molar-refractivity contribution in [2.24, 2.45) is 0 Å². The van der Waals surface area contributed by atoms with Gasteiger partial charge in [-0.05, 0) is 32.2 Å². The maximum atomic E-state index is 11.4. The Bertz CT molecular complexity index is 520. The molecule has 0 spiro atoms. The summed E-state index contributed by atoms with van der Waals surface area (Å²) in [4.78, 5) is 4.49. The SMILES string of the molecule is O=S1(=O)CCC(c2noc(C3CCCNC3)n2)CC1. The van der Waals surface area contributed by atoms with E-state index < -0.39 is 9.84 Å². The average Bonchev–Trinajstić information content (AvgIpc) is 2.89. The van der Waals surface area contributed by atoms with Crippen molar-refractivity contribution >= 4 is 9.84 Å². The van der Waals surface area contributed by atoms with Gasteiger partial charge >= 0.3 is 0 Å². The highest BCUT2D eigenvalue weighted by molar-refractivity contribution is 7.91. The highest BCUT2D eigenvalue weighted by Gasteiger charge is 2.29. The van der Waals surface area contributed by atoms with Crippen molar-refractivity contribution in [1.29, 1.82) is 0 Å². The summed E-state index contributed by atoms with van der Waals surface area (Å²) in [7, 11) is -2.83. The molecule has 0 bridgehead atoms. The maximum Gasteiger partial charge on any atom is 0.231 e. The molecule has 19 heavy (non-hydrogen) atoms. The van der Waals surface area contributed by atoms with E-state index in [-0.39, 0.29) is 17.4 Å². The number of hydrogen-bond acceptors (Lipinski definition) is 6. The molecule has 6 nitrogen and oxygen atoms in total. The Morgan fingerprint density at radius 2 is 1.95 bits per heavy atom. The second-order valence-corrected chi connectivity index (χ2v) is 7.76. The van der Waals surface area contributed by atoms with Crippen LogP contribution in [0.1, 0.15) is 49.2 Å². The van der Waals surface area contributed by atoms with Crippen LogP contribution in [0.5, 0.6) is 0 Å². The molecule has 0 saturated carbocycles. The van der Waals surface area contributed by atoms with Crippen LogP contribution >= 0.6 is 0 Å². The van der Waals surface area contributed by atoms with Gasteiger partial charge in [0.05, 0.1) is 17.4 Å². The van der Waals surface area contributed by atoms with E-state index in [1.807, 2.05) is 0 Å². The van der Waals surface area contributed by atoms with E-state index in [0.29, 0.717) is 30.5 Å². The Hall–Kier alpha value is -0.950. The van der Waals surface area contributed by atoms with E-state index in [2.05, 4.69) is 15.5 Å². The van der Waals surface area contributed by atoms with Gasteiger partial charge in [-0.2, -0.15) is 4.98 Å². The fourth-order valence-electron chi connectivity index (χ4n) is 2.79.